The van der Waals surface area contributed by atoms with Gasteiger partial charge in [-0.15, -0.1) is 0 Å². The van der Waals surface area contributed by atoms with Gasteiger partial charge in [-0.1, -0.05) is 36.9 Å². The van der Waals surface area contributed by atoms with Crippen LogP contribution in [0, 0.1) is 0 Å². The minimum atomic E-state index is 0.437. The molecule has 86 valence electrons. The van der Waals surface area contributed by atoms with Gasteiger partial charge in [-0.25, -0.2) is 0 Å². The molecular weight excluding hydrogens is 208 g/mol. The van der Waals surface area contributed by atoms with Gasteiger partial charge in [0.05, 0.1) is 0 Å². The van der Waals surface area contributed by atoms with Gasteiger partial charge < -0.3 is 5.32 Å². The molecule has 2 rings (SSSR count). The van der Waals surface area contributed by atoms with E-state index in [1.54, 1.807) is 5.54 Å². The summed E-state index contributed by atoms with van der Waals surface area (Å²) < 4.78 is 0. The molecule has 0 aromatic heterocycles. The second-order valence-electron chi connectivity index (χ2n) is 4.77. The maximum Gasteiger partial charge on any atom is 0.0337 e. The van der Waals surface area contributed by atoms with Gasteiger partial charge in [-0.05, 0) is 12.8 Å². The SMILES string of the molecule is ClC=CCN1CCNCC12CCCCC2. The highest BCUT2D eigenvalue weighted by Crippen LogP contribution is 2.34. The third-order valence-corrected chi connectivity index (χ3v) is 4.06. The van der Waals surface area contributed by atoms with Gasteiger partial charge in [-0.2, -0.15) is 0 Å². The Morgan fingerprint density at radius 1 is 1.27 bits per heavy atom. The fourth-order valence-electron chi connectivity index (χ4n) is 3.04. The molecule has 1 N–H and O–H groups in total. The van der Waals surface area contributed by atoms with Gasteiger partial charge in [0.2, 0.25) is 0 Å². The average Bonchev–Trinajstić information content (AvgIpc) is 2.29. The van der Waals surface area contributed by atoms with Crippen LogP contribution in [0.5, 0.6) is 0 Å². The number of hydrogen-bond donors (Lipinski definition) is 1. The van der Waals surface area contributed by atoms with E-state index in [0.29, 0.717) is 5.54 Å². The normalized spacial score (nSPS) is 27.5. The quantitative estimate of drug-likeness (QED) is 0.781. The molecule has 2 nitrogen and oxygen atoms in total. The summed E-state index contributed by atoms with van der Waals surface area (Å²) in [4.78, 5) is 2.63. The first-order valence-corrected chi connectivity index (χ1v) is 6.52. The van der Waals surface area contributed by atoms with Crippen LogP contribution < -0.4 is 5.32 Å². The number of nitrogens with zero attached hydrogens (tertiary/aromatic N) is 1. The van der Waals surface area contributed by atoms with E-state index in [1.807, 2.05) is 0 Å². The Bertz CT molecular complexity index is 213. The molecule has 0 aromatic carbocycles. The van der Waals surface area contributed by atoms with Crippen molar-refractivity contribution < 1.29 is 0 Å². The zero-order chi connectivity index (χ0) is 10.6. The Morgan fingerprint density at radius 2 is 2.07 bits per heavy atom. The van der Waals surface area contributed by atoms with E-state index < -0.39 is 0 Å². The fraction of sp³-hybridized carbons (Fsp3) is 0.833. The molecule has 0 amide bonds. The number of hydrogen-bond acceptors (Lipinski definition) is 2. The van der Waals surface area contributed by atoms with Crippen molar-refractivity contribution in [2.45, 2.75) is 37.6 Å². The molecule has 0 aromatic rings. The summed E-state index contributed by atoms with van der Waals surface area (Å²) in [5.41, 5.74) is 2.09. The minimum absolute atomic E-state index is 0.437. The molecule has 1 heterocycles. The second kappa shape index (κ2) is 5.33. The van der Waals surface area contributed by atoms with E-state index in [-0.39, 0.29) is 0 Å². The van der Waals surface area contributed by atoms with Crippen molar-refractivity contribution in [3.63, 3.8) is 0 Å². The number of nitrogens with one attached hydrogen (secondary N) is 1. The Hall–Kier alpha value is -0.0500. The van der Waals surface area contributed by atoms with E-state index in [2.05, 4.69) is 16.3 Å². The van der Waals surface area contributed by atoms with Crippen molar-refractivity contribution in [3.8, 4) is 0 Å². The molecular formula is C12H21ClN2. The topological polar surface area (TPSA) is 15.3 Å². The third kappa shape index (κ3) is 2.55. The van der Waals surface area contributed by atoms with E-state index >= 15 is 0 Å². The largest absolute Gasteiger partial charge is 0.314 e. The molecule has 0 atom stereocenters. The van der Waals surface area contributed by atoms with E-state index in [4.69, 9.17) is 11.6 Å². The summed E-state index contributed by atoms with van der Waals surface area (Å²) in [6, 6.07) is 0. The molecule has 1 saturated heterocycles. The molecule has 3 heteroatoms. The van der Waals surface area contributed by atoms with Gasteiger partial charge in [0, 0.05) is 37.3 Å². The molecule has 15 heavy (non-hydrogen) atoms. The van der Waals surface area contributed by atoms with Crippen LogP contribution in [0.15, 0.2) is 11.6 Å². The van der Waals surface area contributed by atoms with E-state index in [1.165, 1.54) is 45.2 Å². The van der Waals surface area contributed by atoms with Crippen molar-refractivity contribution in [1.82, 2.24) is 10.2 Å². The summed E-state index contributed by atoms with van der Waals surface area (Å²) in [5.74, 6) is 0. The molecule has 0 unspecified atom stereocenters. The Morgan fingerprint density at radius 3 is 2.80 bits per heavy atom. The number of halogens is 1. The highest BCUT2D eigenvalue weighted by molar-refractivity contribution is 6.25. The van der Waals surface area contributed by atoms with Gasteiger partial charge in [0.1, 0.15) is 0 Å². The Labute approximate surface area is 97.7 Å². The van der Waals surface area contributed by atoms with Crippen molar-refractivity contribution in [1.29, 1.82) is 0 Å². The maximum atomic E-state index is 5.63. The molecule has 2 aliphatic rings. The van der Waals surface area contributed by atoms with E-state index in [0.717, 1.165) is 13.1 Å². The van der Waals surface area contributed by atoms with Gasteiger partial charge in [0.15, 0.2) is 0 Å². The highest BCUT2D eigenvalue weighted by Gasteiger charge is 2.38. The predicted molar refractivity (Wildman–Crippen MR) is 65.3 cm³/mol. The molecule has 0 bridgehead atoms. The summed E-state index contributed by atoms with van der Waals surface area (Å²) in [6.07, 6.45) is 8.99. The van der Waals surface area contributed by atoms with Gasteiger partial charge >= 0.3 is 0 Å². The lowest BCUT2D eigenvalue weighted by Gasteiger charge is -2.49. The second-order valence-corrected chi connectivity index (χ2v) is 5.02. The fourth-order valence-corrected chi connectivity index (χ4v) is 3.12. The lowest BCUT2D eigenvalue weighted by molar-refractivity contribution is 0.0379. The third-order valence-electron chi connectivity index (χ3n) is 3.88. The van der Waals surface area contributed by atoms with E-state index in [9.17, 15) is 0 Å². The molecule has 1 spiro atoms. The van der Waals surface area contributed by atoms with Crippen LogP contribution in [0.1, 0.15) is 32.1 Å². The lowest BCUT2D eigenvalue weighted by Crippen LogP contribution is -2.61. The maximum absolute atomic E-state index is 5.63. The van der Waals surface area contributed by atoms with Crippen LogP contribution in [0.4, 0.5) is 0 Å². The van der Waals surface area contributed by atoms with Gasteiger partial charge in [0.25, 0.3) is 0 Å². The minimum Gasteiger partial charge on any atom is -0.314 e. The summed E-state index contributed by atoms with van der Waals surface area (Å²) in [7, 11) is 0. The first-order valence-electron chi connectivity index (χ1n) is 6.08. The Kier molecular flexibility index (Phi) is 4.06. The van der Waals surface area contributed by atoms with Gasteiger partial charge in [-0.3, -0.25) is 4.90 Å². The van der Waals surface area contributed by atoms with Crippen LogP contribution in [0.3, 0.4) is 0 Å². The van der Waals surface area contributed by atoms with Crippen molar-refractivity contribution in [3.05, 3.63) is 11.6 Å². The first-order chi connectivity index (χ1) is 7.37. The van der Waals surface area contributed by atoms with Crippen LogP contribution in [0.2, 0.25) is 0 Å². The lowest BCUT2D eigenvalue weighted by atomic mass is 9.79. The van der Waals surface area contributed by atoms with Crippen LogP contribution in [-0.2, 0) is 0 Å². The smallest absolute Gasteiger partial charge is 0.0337 e. The molecule has 1 aliphatic carbocycles. The summed E-state index contributed by atoms with van der Waals surface area (Å²) >= 11 is 5.63. The predicted octanol–water partition coefficient (Wildman–Crippen LogP) is 2.35. The summed E-state index contributed by atoms with van der Waals surface area (Å²) in [5, 5.41) is 3.55. The van der Waals surface area contributed by atoms with Crippen molar-refractivity contribution >= 4 is 11.6 Å². The highest BCUT2D eigenvalue weighted by atomic mass is 35.5. The zero-order valence-electron chi connectivity index (χ0n) is 9.34. The monoisotopic (exact) mass is 228 g/mol. The molecule has 2 fully saturated rings. The standard InChI is InChI=1S/C12H21ClN2/c13-7-4-9-15-10-8-14-11-12(15)5-2-1-3-6-12/h4,7,14H,1-3,5-6,8-11H2. The van der Waals surface area contributed by atoms with Crippen molar-refractivity contribution in [2.75, 3.05) is 26.2 Å². The Balaban J connectivity index is 2.03. The van der Waals surface area contributed by atoms with Crippen LogP contribution in [0.25, 0.3) is 0 Å². The molecule has 0 radical (unpaired) electrons. The van der Waals surface area contributed by atoms with Crippen LogP contribution in [-0.4, -0.2) is 36.6 Å². The molecule has 1 saturated carbocycles. The molecule has 1 aliphatic heterocycles. The average molecular weight is 229 g/mol. The van der Waals surface area contributed by atoms with Crippen molar-refractivity contribution in [2.24, 2.45) is 0 Å². The zero-order valence-corrected chi connectivity index (χ0v) is 10.1. The first kappa shape index (κ1) is 11.4. The number of rotatable bonds is 2. The van der Waals surface area contributed by atoms with Crippen LogP contribution >= 0.6 is 11.6 Å². The number of piperazine rings is 1. The summed E-state index contributed by atoms with van der Waals surface area (Å²) in [6.45, 7) is 4.48.